The molecule has 1 amide bonds. The van der Waals surface area contributed by atoms with Crippen LogP contribution in [0.15, 0.2) is 4.99 Å². The summed E-state index contributed by atoms with van der Waals surface area (Å²) in [7, 11) is 0. The van der Waals surface area contributed by atoms with Gasteiger partial charge in [0.15, 0.2) is 5.96 Å². The van der Waals surface area contributed by atoms with Gasteiger partial charge in [-0.15, -0.1) is 34.2 Å². The van der Waals surface area contributed by atoms with Crippen molar-refractivity contribution in [3.05, 3.63) is 11.6 Å². The van der Waals surface area contributed by atoms with E-state index in [1.807, 2.05) is 20.8 Å². The number of nitrogens with zero attached hydrogens (tertiary/aromatic N) is 6. The Morgan fingerprint density at radius 1 is 1.17 bits per heavy atom. The summed E-state index contributed by atoms with van der Waals surface area (Å²) in [6, 6.07) is 0.225. The van der Waals surface area contributed by atoms with Gasteiger partial charge in [-0.1, -0.05) is 6.42 Å². The molecule has 0 spiro atoms. The van der Waals surface area contributed by atoms with Gasteiger partial charge in [-0.2, -0.15) is 0 Å². The van der Waals surface area contributed by atoms with Crippen molar-refractivity contribution in [1.29, 1.82) is 0 Å². The van der Waals surface area contributed by atoms with Crippen LogP contribution in [-0.4, -0.2) is 81.0 Å². The van der Waals surface area contributed by atoms with Crippen molar-refractivity contribution in [3.63, 3.8) is 0 Å². The first-order valence-electron chi connectivity index (χ1n) is 10.8. The van der Waals surface area contributed by atoms with Crippen LogP contribution < -0.4 is 5.32 Å². The fourth-order valence-electron chi connectivity index (χ4n) is 4.24. The third kappa shape index (κ3) is 5.36. The third-order valence-electron chi connectivity index (χ3n) is 5.68. The molecular weight excluding hydrogens is 497 g/mol. The number of carbonyl (C=O) groups excluding carboxylic acids is 1. The highest BCUT2D eigenvalue weighted by atomic mass is 127. The number of fused-ring (bicyclic) bond motifs is 2. The Balaban J connectivity index is 0.00000256. The molecule has 0 saturated carbocycles. The van der Waals surface area contributed by atoms with E-state index in [1.54, 1.807) is 4.90 Å². The maximum absolute atomic E-state index is 12.3. The molecule has 1 fully saturated rings. The quantitative estimate of drug-likeness (QED) is 0.601. The van der Waals surface area contributed by atoms with E-state index in [-0.39, 0.29) is 36.1 Å². The van der Waals surface area contributed by atoms with Crippen LogP contribution in [0.4, 0.5) is 4.79 Å². The van der Waals surface area contributed by atoms with Crippen LogP contribution in [0.25, 0.3) is 0 Å². The number of amides is 1. The number of carbonyl (C=O) groups is 1. The minimum absolute atomic E-state index is 0. The molecule has 0 radical (unpaired) electrons. The lowest BCUT2D eigenvalue weighted by atomic mass is 10.2. The zero-order valence-corrected chi connectivity index (χ0v) is 20.6. The summed E-state index contributed by atoms with van der Waals surface area (Å²) in [5.74, 6) is 3.14. The fraction of sp³-hybridized carbons (Fsp3) is 0.800. The van der Waals surface area contributed by atoms with E-state index in [4.69, 9.17) is 4.74 Å². The van der Waals surface area contributed by atoms with Crippen LogP contribution in [0.3, 0.4) is 0 Å². The summed E-state index contributed by atoms with van der Waals surface area (Å²) in [6.45, 7) is 10.3. The molecule has 0 aliphatic carbocycles. The average molecular weight is 531 g/mol. The van der Waals surface area contributed by atoms with Crippen LogP contribution in [-0.2, 0) is 24.1 Å². The van der Waals surface area contributed by atoms with Crippen molar-refractivity contribution in [2.24, 2.45) is 4.99 Å². The van der Waals surface area contributed by atoms with E-state index >= 15 is 0 Å². The largest absolute Gasteiger partial charge is 0.444 e. The van der Waals surface area contributed by atoms with Gasteiger partial charge >= 0.3 is 6.09 Å². The Kier molecular flexibility index (Phi) is 7.46. The van der Waals surface area contributed by atoms with E-state index in [9.17, 15) is 4.79 Å². The second-order valence-electron chi connectivity index (χ2n) is 9.11. The smallest absolute Gasteiger partial charge is 0.410 e. The molecule has 0 aromatic carbocycles. The number of hydrogen-bond acceptors (Lipinski definition) is 7. The Labute approximate surface area is 195 Å². The number of aliphatic imine (C=N–C) groups is 1. The van der Waals surface area contributed by atoms with Crippen molar-refractivity contribution < 1.29 is 9.53 Å². The van der Waals surface area contributed by atoms with Crippen LogP contribution in [0.1, 0.15) is 51.7 Å². The number of piperazine rings is 1. The van der Waals surface area contributed by atoms with E-state index in [2.05, 4.69) is 30.0 Å². The Hall–Kier alpha value is -1.59. The summed E-state index contributed by atoms with van der Waals surface area (Å²) in [5, 5.41) is 12.3. The minimum atomic E-state index is -0.465. The SMILES string of the molecule is CC(C)(C)OC(=O)N1CCN2C(NCCc3nnc4n3CCCCC4)=NCC2C1.I. The number of aromatic nitrogens is 3. The zero-order valence-electron chi connectivity index (χ0n) is 18.3. The van der Waals surface area contributed by atoms with Crippen molar-refractivity contribution in [2.75, 3.05) is 32.7 Å². The number of ether oxygens (including phenoxy) is 1. The highest BCUT2D eigenvalue weighted by molar-refractivity contribution is 14.0. The highest BCUT2D eigenvalue weighted by Gasteiger charge is 2.36. The van der Waals surface area contributed by atoms with Gasteiger partial charge in [0.05, 0.1) is 12.6 Å². The molecule has 9 nitrogen and oxygen atoms in total. The number of hydrogen-bond donors (Lipinski definition) is 1. The van der Waals surface area contributed by atoms with Crippen LogP contribution in [0.5, 0.6) is 0 Å². The van der Waals surface area contributed by atoms with Gasteiger partial charge < -0.3 is 24.4 Å². The highest BCUT2D eigenvalue weighted by Crippen LogP contribution is 2.19. The van der Waals surface area contributed by atoms with Crippen LogP contribution in [0.2, 0.25) is 0 Å². The van der Waals surface area contributed by atoms with E-state index in [0.717, 1.165) is 50.1 Å². The Morgan fingerprint density at radius 2 is 2.00 bits per heavy atom. The monoisotopic (exact) mass is 531 g/mol. The molecule has 1 aromatic heterocycles. The predicted molar refractivity (Wildman–Crippen MR) is 125 cm³/mol. The van der Waals surface area contributed by atoms with Gasteiger partial charge in [-0.3, -0.25) is 4.99 Å². The van der Waals surface area contributed by atoms with Gasteiger partial charge in [0, 0.05) is 45.6 Å². The molecule has 3 aliphatic rings. The lowest BCUT2D eigenvalue weighted by Gasteiger charge is -2.39. The molecule has 1 N–H and O–H groups in total. The van der Waals surface area contributed by atoms with Crippen molar-refractivity contribution >= 4 is 36.0 Å². The molecule has 0 bridgehead atoms. The molecule has 1 unspecified atom stereocenters. The number of guanidine groups is 1. The first-order valence-corrected chi connectivity index (χ1v) is 10.8. The number of rotatable bonds is 3. The van der Waals surface area contributed by atoms with E-state index in [1.165, 1.54) is 19.3 Å². The number of halogens is 1. The summed E-state index contributed by atoms with van der Waals surface area (Å²) in [6.07, 6.45) is 5.34. The molecule has 3 aliphatic heterocycles. The van der Waals surface area contributed by atoms with Gasteiger partial charge in [0.25, 0.3) is 0 Å². The van der Waals surface area contributed by atoms with Crippen molar-refractivity contribution in [2.45, 2.75) is 71.1 Å². The molecule has 1 saturated heterocycles. The van der Waals surface area contributed by atoms with Crippen LogP contribution in [0, 0.1) is 0 Å². The Bertz CT molecular complexity index is 774. The molecule has 4 heterocycles. The summed E-state index contributed by atoms with van der Waals surface area (Å²) < 4.78 is 7.81. The second kappa shape index (κ2) is 9.69. The van der Waals surface area contributed by atoms with E-state index in [0.29, 0.717) is 19.6 Å². The predicted octanol–water partition coefficient (Wildman–Crippen LogP) is 2.05. The molecule has 30 heavy (non-hydrogen) atoms. The van der Waals surface area contributed by atoms with Gasteiger partial charge in [-0.25, -0.2) is 4.79 Å². The van der Waals surface area contributed by atoms with Crippen LogP contribution >= 0.6 is 24.0 Å². The first kappa shape index (κ1) is 23.1. The van der Waals surface area contributed by atoms with Gasteiger partial charge in [0.2, 0.25) is 0 Å². The third-order valence-corrected chi connectivity index (χ3v) is 5.68. The Morgan fingerprint density at radius 3 is 2.80 bits per heavy atom. The standard InChI is InChI=1S/C20H33N7O2.HI/c1-20(2,3)29-19(28)25-11-12-26-15(14-25)13-22-18(26)21-9-8-17-24-23-16-7-5-4-6-10-27(16)17;/h15H,4-14H2,1-3H3,(H,21,22);1H. The van der Waals surface area contributed by atoms with Crippen molar-refractivity contribution in [1.82, 2.24) is 29.9 Å². The topological polar surface area (TPSA) is 87.9 Å². The molecule has 1 aromatic rings. The first-order chi connectivity index (χ1) is 13.9. The number of nitrogens with one attached hydrogen (secondary N) is 1. The van der Waals surface area contributed by atoms with Gasteiger partial charge in [0.1, 0.15) is 17.2 Å². The normalized spacial score (nSPS) is 21.2. The summed E-state index contributed by atoms with van der Waals surface area (Å²) in [5.41, 5.74) is -0.465. The summed E-state index contributed by atoms with van der Waals surface area (Å²) >= 11 is 0. The molecule has 4 rings (SSSR count). The maximum Gasteiger partial charge on any atom is 0.410 e. The van der Waals surface area contributed by atoms with Crippen molar-refractivity contribution in [3.8, 4) is 0 Å². The molecule has 1 atom stereocenters. The lowest BCUT2D eigenvalue weighted by Crippen LogP contribution is -2.57. The minimum Gasteiger partial charge on any atom is -0.444 e. The van der Waals surface area contributed by atoms with E-state index < -0.39 is 5.60 Å². The van der Waals surface area contributed by atoms with Gasteiger partial charge in [-0.05, 0) is 33.6 Å². The fourth-order valence-corrected chi connectivity index (χ4v) is 4.24. The molecular formula is C20H34IN7O2. The molecule has 168 valence electrons. The maximum atomic E-state index is 12.3. The summed E-state index contributed by atoms with van der Waals surface area (Å²) in [4.78, 5) is 21.1. The second-order valence-corrected chi connectivity index (χ2v) is 9.11. The molecule has 10 heteroatoms. The average Bonchev–Trinajstić information content (AvgIpc) is 3.16. The lowest BCUT2D eigenvalue weighted by molar-refractivity contribution is 0.0137. The zero-order chi connectivity index (χ0) is 20.4. The number of aryl methyl sites for hydroxylation is 1.